The van der Waals surface area contributed by atoms with E-state index in [4.69, 9.17) is 4.74 Å². The van der Waals surface area contributed by atoms with E-state index in [2.05, 4.69) is 10.3 Å². The number of para-hydroxylation sites is 1. The number of carbonyl (C=O) groups is 2. The zero-order valence-corrected chi connectivity index (χ0v) is 15.9. The van der Waals surface area contributed by atoms with E-state index in [0.29, 0.717) is 16.6 Å². The van der Waals surface area contributed by atoms with Crippen LogP contribution in [0.4, 0.5) is 11.4 Å². The van der Waals surface area contributed by atoms with Gasteiger partial charge in [-0.2, -0.15) is 0 Å². The van der Waals surface area contributed by atoms with Crippen LogP contribution in [-0.2, 0) is 9.53 Å². The highest BCUT2D eigenvalue weighted by molar-refractivity contribution is 6.04. The van der Waals surface area contributed by atoms with Crippen molar-refractivity contribution in [2.75, 3.05) is 24.3 Å². The Kier molecular flexibility index (Phi) is 5.44. The second-order valence-corrected chi connectivity index (χ2v) is 6.57. The van der Waals surface area contributed by atoms with Crippen LogP contribution in [0.15, 0.2) is 59.4 Å². The first-order chi connectivity index (χ1) is 13.3. The fourth-order valence-corrected chi connectivity index (χ4v) is 2.74. The summed E-state index contributed by atoms with van der Waals surface area (Å²) < 4.78 is 5.28. The summed E-state index contributed by atoms with van der Waals surface area (Å²) in [6.45, 7) is 1.48. The smallest absolute Gasteiger partial charge is 0.339 e. The van der Waals surface area contributed by atoms with Gasteiger partial charge < -0.3 is 19.9 Å². The summed E-state index contributed by atoms with van der Waals surface area (Å²) in [5, 5.41) is 3.27. The molecule has 3 rings (SSSR count). The molecule has 2 N–H and O–H groups in total. The quantitative estimate of drug-likeness (QED) is 0.665. The van der Waals surface area contributed by atoms with Crippen molar-refractivity contribution in [2.45, 2.75) is 13.0 Å². The summed E-state index contributed by atoms with van der Waals surface area (Å²) in [4.78, 5) is 41.3. The van der Waals surface area contributed by atoms with Crippen LogP contribution in [-0.4, -0.2) is 37.1 Å². The van der Waals surface area contributed by atoms with Gasteiger partial charge in [-0.25, -0.2) is 4.79 Å². The van der Waals surface area contributed by atoms with Gasteiger partial charge in [0, 0.05) is 42.4 Å². The van der Waals surface area contributed by atoms with Crippen molar-refractivity contribution in [1.82, 2.24) is 4.98 Å². The third-order valence-electron chi connectivity index (χ3n) is 4.27. The van der Waals surface area contributed by atoms with Crippen LogP contribution in [0.5, 0.6) is 0 Å². The maximum absolute atomic E-state index is 12.5. The van der Waals surface area contributed by atoms with Crippen LogP contribution in [0.3, 0.4) is 0 Å². The minimum Gasteiger partial charge on any atom is -0.449 e. The molecule has 0 saturated carbocycles. The molecule has 1 amide bonds. The van der Waals surface area contributed by atoms with Gasteiger partial charge in [0.2, 0.25) is 5.56 Å². The van der Waals surface area contributed by atoms with Gasteiger partial charge in [-0.15, -0.1) is 0 Å². The number of nitrogens with one attached hydrogen (secondary N) is 2. The van der Waals surface area contributed by atoms with Crippen molar-refractivity contribution in [3.05, 3.63) is 70.5 Å². The van der Waals surface area contributed by atoms with E-state index in [1.165, 1.54) is 13.0 Å². The number of hydrogen-bond acceptors (Lipinski definition) is 5. The molecule has 144 valence electrons. The van der Waals surface area contributed by atoms with Gasteiger partial charge >= 0.3 is 5.97 Å². The normalized spacial score (nSPS) is 11.7. The van der Waals surface area contributed by atoms with Crippen LogP contribution in [0.1, 0.15) is 17.3 Å². The Morgan fingerprint density at radius 2 is 1.75 bits per heavy atom. The lowest BCUT2D eigenvalue weighted by atomic mass is 10.1. The molecule has 0 radical (unpaired) electrons. The van der Waals surface area contributed by atoms with Gasteiger partial charge in [0.05, 0.1) is 5.56 Å². The van der Waals surface area contributed by atoms with Crippen LogP contribution in [0.25, 0.3) is 10.9 Å². The summed E-state index contributed by atoms with van der Waals surface area (Å²) in [7, 11) is 3.85. The SMILES string of the molecule is C[C@@H](OC(=O)c1cc(=O)[nH]c2ccccc12)C(=O)Nc1ccc(N(C)C)cc1. The lowest BCUT2D eigenvalue weighted by Crippen LogP contribution is -2.30. The van der Waals surface area contributed by atoms with Crippen molar-refractivity contribution in [3.63, 3.8) is 0 Å². The van der Waals surface area contributed by atoms with Gasteiger partial charge in [0.1, 0.15) is 0 Å². The van der Waals surface area contributed by atoms with Crippen molar-refractivity contribution in [1.29, 1.82) is 0 Å². The second-order valence-electron chi connectivity index (χ2n) is 6.57. The molecule has 0 aliphatic rings. The lowest BCUT2D eigenvalue weighted by molar-refractivity contribution is -0.123. The number of hydrogen-bond donors (Lipinski definition) is 2. The molecule has 1 heterocycles. The third-order valence-corrected chi connectivity index (χ3v) is 4.27. The molecule has 0 fully saturated rings. The molecule has 7 heteroatoms. The maximum Gasteiger partial charge on any atom is 0.339 e. The van der Waals surface area contributed by atoms with E-state index < -0.39 is 23.5 Å². The Morgan fingerprint density at radius 1 is 1.07 bits per heavy atom. The highest BCUT2D eigenvalue weighted by Crippen LogP contribution is 2.18. The van der Waals surface area contributed by atoms with Gasteiger partial charge in [-0.1, -0.05) is 18.2 Å². The first-order valence-electron chi connectivity index (χ1n) is 8.76. The number of benzene rings is 2. The summed E-state index contributed by atoms with van der Waals surface area (Å²) in [6.07, 6.45) is -1.03. The van der Waals surface area contributed by atoms with Gasteiger partial charge in [-0.3, -0.25) is 9.59 Å². The van der Waals surface area contributed by atoms with E-state index in [1.54, 1.807) is 36.4 Å². The molecule has 0 spiro atoms. The Balaban J connectivity index is 1.72. The Hall–Kier alpha value is -3.61. The van der Waals surface area contributed by atoms with Crippen molar-refractivity contribution < 1.29 is 14.3 Å². The Morgan fingerprint density at radius 3 is 2.43 bits per heavy atom. The monoisotopic (exact) mass is 379 g/mol. The number of rotatable bonds is 5. The minimum absolute atomic E-state index is 0.120. The second kappa shape index (κ2) is 7.96. The number of esters is 1. The predicted molar refractivity (Wildman–Crippen MR) is 109 cm³/mol. The molecular formula is C21H21N3O4. The first kappa shape index (κ1) is 19.2. The molecule has 2 aromatic carbocycles. The Labute approximate surface area is 161 Å². The zero-order chi connectivity index (χ0) is 20.3. The molecule has 0 saturated heterocycles. The molecule has 0 unspecified atom stereocenters. The summed E-state index contributed by atoms with van der Waals surface area (Å²) >= 11 is 0. The van der Waals surface area contributed by atoms with Crippen molar-refractivity contribution in [2.24, 2.45) is 0 Å². The van der Waals surface area contributed by atoms with Gasteiger partial charge in [0.15, 0.2) is 6.10 Å². The number of fused-ring (bicyclic) bond motifs is 1. The molecular weight excluding hydrogens is 358 g/mol. The van der Waals surface area contributed by atoms with Crippen LogP contribution in [0.2, 0.25) is 0 Å². The van der Waals surface area contributed by atoms with Crippen LogP contribution < -0.4 is 15.8 Å². The summed E-state index contributed by atoms with van der Waals surface area (Å²) in [5.74, 6) is -1.19. The number of H-pyrrole nitrogens is 1. The van der Waals surface area contributed by atoms with Crippen molar-refractivity contribution in [3.8, 4) is 0 Å². The van der Waals surface area contributed by atoms with Crippen LogP contribution in [0, 0.1) is 0 Å². The average molecular weight is 379 g/mol. The maximum atomic E-state index is 12.5. The van der Waals surface area contributed by atoms with E-state index in [0.717, 1.165) is 5.69 Å². The number of amides is 1. The van der Waals surface area contributed by atoms with Gasteiger partial charge in [0.25, 0.3) is 5.91 Å². The van der Waals surface area contributed by atoms with Gasteiger partial charge in [-0.05, 0) is 37.3 Å². The number of nitrogens with zero attached hydrogens (tertiary/aromatic N) is 1. The molecule has 7 nitrogen and oxygen atoms in total. The highest BCUT2D eigenvalue weighted by atomic mass is 16.5. The van der Waals surface area contributed by atoms with Crippen molar-refractivity contribution >= 4 is 34.2 Å². The molecule has 1 aromatic heterocycles. The summed E-state index contributed by atoms with van der Waals surface area (Å²) in [5.41, 5.74) is 1.83. The fourth-order valence-electron chi connectivity index (χ4n) is 2.74. The molecule has 28 heavy (non-hydrogen) atoms. The number of carbonyl (C=O) groups excluding carboxylic acids is 2. The number of anilines is 2. The standard InChI is InChI=1S/C21H21N3O4/c1-13(20(26)22-14-8-10-15(11-9-14)24(2)3)28-21(27)17-12-19(25)23-18-7-5-4-6-16(17)18/h4-13H,1-3H3,(H,22,26)(H,23,25)/t13-/m1/s1. The third kappa shape index (κ3) is 4.20. The minimum atomic E-state index is -1.03. The average Bonchev–Trinajstić information content (AvgIpc) is 2.67. The zero-order valence-electron chi connectivity index (χ0n) is 15.9. The number of aromatic amines is 1. The number of ether oxygens (including phenoxy) is 1. The van der Waals surface area contributed by atoms with Crippen LogP contribution >= 0.6 is 0 Å². The number of pyridine rings is 1. The van der Waals surface area contributed by atoms with E-state index in [1.807, 2.05) is 31.1 Å². The first-order valence-corrected chi connectivity index (χ1v) is 8.76. The van der Waals surface area contributed by atoms with E-state index in [-0.39, 0.29) is 5.56 Å². The predicted octanol–water partition coefficient (Wildman–Crippen LogP) is 2.78. The molecule has 1 atom stereocenters. The highest BCUT2D eigenvalue weighted by Gasteiger charge is 2.21. The number of aromatic nitrogens is 1. The van der Waals surface area contributed by atoms with E-state index in [9.17, 15) is 14.4 Å². The fraction of sp³-hybridized carbons (Fsp3) is 0.190. The lowest BCUT2D eigenvalue weighted by Gasteiger charge is -2.16. The molecule has 0 aliphatic carbocycles. The summed E-state index contributed by atoms with van der Waals surface area (Å²) in [6, 6.07) is 15.4. The largest absolute Gasteiger partial charge is 0.449 e. The van der Waals surface area contributed by atoms with E-state index >= 15 is 0 Å². The molecule has 3 aromatic rings. The molecule has 0 aliphatic heterocycles. The molecule has 0 bridgehead atoms. The Bertz CT molecular complexity index is 1070. The topological polar surface area (TPSA) is 91.5 Å².